The fraction of sp³-hybridized carbons (Fsp3) is 0.750. The number of unbranched alkanes of at least 4 members (excludes halogenated alkanes) is 2. The molecule has 4 nitrogen and oxygen atoms in total. The summed E-state index contributed by atoms with van der Waals surface area (Å²) in [5.41, 5.74) is 0. The molecule has 0 aromatic heterocycles. The minimum Gasteiger partial charge on any atom is -0.462 e. The van der Waals surface area contributed by atoms with Gasteiger partial charge in [-0.3, -0.25) is 4.79 Å². The molecule has 1 heterocycles. The Kier molecular flexibility index (Phi) is 8.00. The van der Waals surface area contributed by atoms with E-state index in [2.05, 4.69) is 19.1 Å². The van der Waals surface area contributed by atoms with Crippen LogP contribution in [-0.4, -0.2) is 34.5 Å². The number of hydrogen-bond acceptors (Lipinski definition) is 4. The van der Waals surface area contributed by atoms with Crippen molar-refractivity contribution in [1.82, 2.24) is 0 Å². The van der Waals surface area contributed by atoms with E-state index >= 15 is 0 Å². The van der Waals surface area contributed by atoms with E-state index in [0.717, 1.165) is 44.9 Å². The summed E-state index contributed by atoms with van der Waals surface area (Å²) in [7, 11) is 0. The van der Waals surface area contributed by atoms with Crippen molar-refractivity contribution >= 4 is 5.97 Å². The molecule has 5 atom stereocenters. The fourth-order valence-electron chi connectivity index (χ4n) is 3.73. The van der Waals surface area contributed by atoms with Crippen LogP contribution in [0.15, 0.2) is 24.3 Å². The van der Waals surface area contributed by atoms with Crippen molar-refractivity contribution in [2.45, 2.75) is 83.0 Å². The zero-order chi connectivity index (χ0) is 17.4. The fourth-order valence-corrected chi connectivity index (χ4v) is 3.73. The van der Waals surface area contributed by atoms with Gasteiger partial charge in [0.2, 0.25) is 0 Å². The van der Waals surface area contributed by atoms with Gasteiger partial charge < -0.3 is 14.9 Å². The Morgan fingerprint density at radius 1 is 1.38 bits per heavy atom. The van der Waals surface area contributed by atoms with E-state index in [4.69, 9.17) is 4.74 Å². The number of allylic oxidation sites excluding steroid dienone is 2. The van der Waals surface area contributed by atoms with Gasteiger partial charge in [-0.25, -0.2) is 0 Å². The minimum atomic E-state index is -0.461. The molecule has 24 heavy (non-hydrogen) atoms. The van der Waals surface area contributed by atoms with Crippen molar-refractivity contribution in [2.24, 2.45) is 11.8 Å². The van der Waals surface area contributed by atoms with Gasteiger partial charge in [0.1, 0.15) is 6.10 Å². The molecule has 136 valence electrons. The molecular formula is C20H32O4. The quantitative estimate of drug-likeness (QED) is 0.442. The highest BCUT2D eigenvalue weighted by Gasteiger charge is 2.42. The van der Waals surface area contributed by atoms with Crippen LogP contribution in [0.5, 0.6) is 0 Å². The zero-order valence-corrected chi connectivity index (χ0v) is 14.8. The molecule has 2 N–H and O–H groups in total. The van der Waals surface area contributed by atoms with Crippen LogP contribution in [0.25, 0.3) is 0 Å². The number of aliphatic hydroxyl groups is 2. The molecule has 0 radical (unpaired) electrons. The van der Waals surface area contributed by atoms with Crippen LogP contribution in [0.1, 0.15) is 64.7 Å². The first-order chi connectivity index (χ1) is 11.6. The van der Waals surface area contributed by atoms with E-state index in [-0.39, 0.29) is 23.9 Å². The van der Waals surface area contributed by atoms with Gasteiger partial charge in [-0.1, -0.05) is 50.5 Å². The van der Waals surface area contributed by atoms with E-state index in [0.29, 0.717) is 12.8 Å². The standard InChI is InChI=1S/C20H32O4/c1-2-3-6-9-15(21)12-13-17-16-10-7-4-5-8-11-20(23)24-19(17)14-18(16)22/h4,7,12-13,15-19,21-22H,2-3,5-6,8-11,14H2,1H3/b7-4-,13-12+/t15-,16-,17-,18+,19-/m1/s1. The van der Waals surface area contributed by atoms with Crippen LogP contribution in [-0.2, 0) is 9.53 Å². The lowest BCUT2D eigenvalue weighted by atomic mass is 9.89. The Balaban J connectivity index is 2.04. The number of ether oxygens (including phenoxy) is 1. The smallest absolute Gasteiger partial charge is 0.306 e. The number of rotatable bonds is 6. The number of hydrogen-bond donors (Lipinski definition) is 2. The van der Waals surface area contributed by atoms with Crippen LogP contribution in [0.4, 0.5) is 0 Å². The lowest BCUT2D eigenvalue weighted by Gasteiger charge is -2.22. The molecule has 2 bridgehead atoms. The Morgan fingerprint density at radius 2 is 2.21 bits per heavy atom. The van der Waals surface area contributed by atoms with Gasteiger partial charge in [-0.15, -0.1) is 0 Å². The molecule has 0 aromatic carbocycles. The summed E-state index contributed by atoms with van der Waals surface area (Å²) in [6, 6.07) is 0. The largest absolute Gasteiger partial charge is 0.462 e. The van der Waals surface area contributed by atoms with Gasteiger partial charge in [0.05, 0.1) is 12.2 Å². The van der Waals surface area contributed by atoms with Gasteiger partial charge in [-0.2, -0.15) is 0 Å². The summed E-state index contributed by atoms with van der Waals surface area (Å²) in [6.45, 7) is 2.14. The number of carbonyl (C=O) groups is 1. The zero-order valence-electron chi connectivity index (χ0n) is 14.8. The Bertz CT molecular complexity index is 443. The van der Waals surface area contributed by atoms with Gasteiger partial charge in [-0.05, 0) is 31.6 Å². The summed E-state index contributed by atoms with van der Waals surface area (Å²) in [5.74, 6) is -0.145. The van der Waals surface area contributed by atoms with Crippen molar-refractivity contribution in [2.75, 3.05) is 0 Å². The normalized spacial score (nSPS) is 33.9. The predicted octanol–water partition coefficient (Wildman–Crippen LogP) is 3.52. The summed E-state index contributed by atoms with van der Waals surface area (Å²) in [6.07, 6.45) is 14.2. The first-order valence-corrected chi connectivity index (χ1v) is 9.50. The third kappa shape index (κ3) is 5.75. The minimum absolute atomic E-state index is 0.0208. The highest BCUT2D eigenvalue weighted by molar-refractivity contribution is 5.69. The number of fused-ring (bicyclic) bond motifs is 2. The Morgan fingerprint density at radius 3 is 3.00 bits per heavy atom. The average Bonchev–Trinajstić information content (AvgIpc) is 2.81. The predicted molar refractivity (Wildman–Crippen MR) is 94.4 cm³/mol. The molecule has 2 aliphatic rings. The Labute approximate surface area is 145 Å². The second-order valence-corrected chi connectivity index (χ2v) is 7.12. The number of carbonyl (C=O) groups excluding carboxylic acids is 1. The summed E-state index contributed by atoms with van der Waals surface area (Å²) in [5, 5.41) is 20.5. The molecule has 0 spiro atoms. The molecule has 1 aliphatic carbocycles. The SMILES string of the molecule is CCCCC[C@@H](O)/C=C/[C@@H]1[C@H]2C/C=C\CCCC(=O)O[C@@H]1C[C@@H]2O. The topological polar surface area (TPSA) is 66.8 Å². The van der Waals surface area contributed by atoms with E-state index in [9.17, 15) is 15.0 Å². The van der Waals surface area contributed by atoms with Crippen LogP contribution >= 0.6 is 0 Å². The molecule has 0 saturated heterocycles. The third-order valence-electron chi connectivity index (χ3n) is 5.16. The Hall–Kier alpha value is -1.13. The summed E-state index contributed by atoms with van der Waals surface area (Å²) < 4.78 is 5.63. The molecule has 2 rings (SSSR count). The van der Waals surface area contributed by atoms with Crippen LogP contribution in [0, 0.1) is 11.8 Å². The van der Waals surface area contributed by atoms with Gasteiger partial charge in [0.15, 0.2) is 0 Å². The van der Waals surface area contributed by atoms with Crippen LogP contribution < -0.4 is 0 Å². The van der Waals surface area contributed by atoms with Crippen molar-refractivity contribution in [1.29, 1.82) is 0 Å². The molecule has 1 aliphatic heterocycles. The third-order valence-corrected chi connectivity index (χ3v) is 5.16. The van der Waals surface area contributed by atoms with E-state index < -0.39 is 12.2 Å². The molecular weight excluding hydrogens is 304 g/mol. The highest BCUT2D eigenvalue weighted by Crippen LogP contribution is 2.38. The molecule has 1 fully saturated rings. The van der Waals surface area contributed by atoms with Gasteiger partial charge in [0, 0.05) is 18.8 Å². The van der Waals surface area contributed by atoms with Crippen LogP contribution in [0.2, 0.25) is 0 Å². The van der Waals surface area contributed by atoms with Crippen molar-refractivity contribution in [3.05, 3.63) is 24.3 Å². The van der Waals surface area contributed by atoms with Crippen molar-refractivity contribution in [3.63, 3.8) is 0 Å². The second-order valence-electron chi connectivity index (χ2n) is 7.12. The first-order valence-electron chi connectivity index (χ1n) is 9.50. The monoisotopic (exact) mass is 336 g/mol. The van der Waals surface area contributed by atoms with E-state index in [1.54, 1.807) is 0 Å². The number of aliphatic hydroxyl groups excluding tert-OH is 2. The molecule has 4 heteroatoms. The molecule has 0 amide bonds. The molecule has 1 saturated carbocycles. The first kappa shape index (κ1) is 19.2. The molecule has 0 unspecified atom stereocenters. The maximum Gasteiger partial charge on any atom is 0.306 e. The number of esters is 1. The van der Waals surface area contributed by atoms with Crippen molar-refractivity contribution in [3.8, 4) is 0 Å². The van der Waals surface area contributed by atoms with E-state index in [1.807, 2.05) is 12.2 Å². The lowest BCUT2D eigenvalue weighted by Crippen LogP contribution is -2.24. The maximum atomic E-state index is 12.0. The average molecular weight is 336 g/mol. The van der Waals surface area contributed by atoms with Crippen LogP contribution in [0.3, 0.4) is 0 Å². The van der Waals surface area contributed by atoms with Gasteiger partial charge in [0.25, 0.3) is 0 Å². The highest BCUT2D eigenvalue weighted by atomic mass is 16.5. The second kappa shape index (κ2) is 10.00. The molecule has 0 aromatic rings. The summed E-state index contributed by atoms with van der Waals surface area (Å²) in [4.78, 5) is 12.0. The van der Waals surface area contributed by atoms with Gasteiger partial charge >= 0.3 is 5.97 Å². The van der Waals surface area contributed by atoms with Crippen molar-refractivity contribution < 1.29 is 19.7 Å². The van der Waals surface area contributed by atoms with E-state index in [1.165, 1.54) is 0 Å². The summed E-state index contributed by atoms with van der Waals surface area (Å²) >= 11 is 0. The maximum absolute atomic E-state index is 12.0. The lowest BCUT2D eigenvalue weighted by molar-refractivity contribution is -0.150.